The number of pyridine rings is 1. The molecule has 3 fully saturated rings. The largest absolute Gasteiger partial charge is 0.389 e. The van der Waals surface area contributed by atoms with E-state index in [4.69, 9.17) is 11.6 Å². The summed E-state index contributed by atoms with van der Waals surface area (Å²) in [6.45, 7) is 6.40. The van der Waals surface area contributed by atoms with E-state index in [2.05, 4.69) is 28.8 Å². The van der Waals surface area contributed by atoms with E-state index in [1.807, 2.05) is 17.0 Å². The van der Waals surface area contributed by atoms with E-state index >= 15 is 0 Å². The molecule has 2 saturated heterocycles. The van der Waals surface area contributed by atoms with Crippen LogP contribution < -0.4 is 10.5 Å². The van der Waals surface area contributed by atoms with E-state index in [9.17, 15) is 14.7 Å². The van der Waals surface area contributed by atoms with Crippen LogP contribution in [0, 0.1) is 23.7 Å². The van der Waals surface area contributed by atoms with Crippen LogP contribution in [0.15, 0.2) is 35.3 Å². The summed E-state index contributed by atoms with van der Waals surface area (Å²) in [4.78, 5) is 34.6. The molecule has 0 unspecified atom stereocenters. The number of halogens is 1. The Morgan fingerprint density at radius 2 is 1.73 bits per heavy atom. The van der Waals surface area contributed by atoms with Gasteiger partial charge in [0.25, 0.3) is 5.56 Å². The lowest BCUT2D eigenvalue weighted by Crippen LogP contribution is -2.62. The minimum Gasteiger partial charge on any atom is -0.389 e. The number of aromatic nitrogens is 3. The van der Waals surface area contributed by atoms with E-state index < -0.39 is 5.60 Å². The summed E-state index contributed by atoms with van der Waals surface area (Å²) in [5.74, 6) is 0.659. The van der Waals surface area contributed by atoms with Crippen LogP contribution in [0.25, 0.3) is 0 Å². The monoisotopic (exact) mass is 527 g/mol. The molecule has 1 aliphatic carbocycles. The lowest BCUT2D eigenvalue weighted by Gasteiger charge is -2.53. The Morgan fingerprint density at radius 1 is 1.03 bits per heavy atom. The number of hydrogen-bond donors (Lipinski definition) is 1. The number of amides is 1. The van der Waals surface area contributed by atoms with Gasteiger partial charge in [-0.3, -0.25) is 14.6 Å². The van der Waals surface area contributed by atoms with E-state index in [0.29, 0.717) is 42.9 Å². The Bertz CT molecular complexity index is 1170. The van der Waals surface area contributed by atoms with Gasteiger partial charge in [-0.05, 0) is 37.0 Å². The molecule has 5 rings (SSSR count). The summed E-state index contributed by atoms with van der Waals surface area (Å²) in [6.07, 6.45) is 7.40. The number of carbonyl (C=O) groups is 1. The Labute approximate surface area is 223 Å². The van der Waals surface area contributed by atoms with Crippen LogP contribution in [-0.4, -0.2) is 62.5 Å². The first-order valence-electron chi connectivity index (χ1n) is 13.6. The van der Waals surface area contributed by atoms with E-state index in [1.165, 1.54) is 30.0 Å². The van der Waals surface area contributed by atoms with Crippen molar-refractivity contribution in [2.45, 2.75) is 57.5 Å². The Morgan fingerprint density at radius 3 is 2.35 bits per heavy atom. The van der Waals surface area contributed by atoms with Gasteiger partial charge in [0.15, 0.2) is 0 Å². The smallest absolute Gasteiger partial charge is 0.266 e. The second kappa shape index (κ2) is 10.4. The van der Waals surface area contributed by atoms with Crippen molar-refractivity contribution in [1.82, 2.24) is 19.7 Å². The molecule has 0 bridgehead atoms. The number of likely N-dealkylation sites (tertiary alicyclic amines) is 1. The third kappa shape index (κ3) is 4.90. The van der Waals surface area contributed by atoms with Crippen LogP contribution in [-0.2, 0) is 11.8 Å². The predicted octanol–water partition coefficient (Wildman–Crippen LogP) is 3.47. The molecule has 0 spiro atoms. The summed E-state index contributed by atoms with van der Waals surface area (Å²) in [5, 5.41) is 16.9. The Hall–Kier alpha value is -2.45. The zero-order chi connectivity index (χ0) is 26.3. The van der Waals surface area contributed by atoms with Gasteiger partial charge in [0.05, 0.1) is 16.5 Å². The maximum Gasteiger partial charge on any atom is 0.266 e. The number of rotatable bonds is 4. The second-order valence-corrected chi connectivity index (χ2v) is 11.9. The highest BCUT2D eigenvalue weighted by Crippen LogP contribution is 2.45. The van der Waals surface area contributed by atoms with Crippen molar-refractivity contribution in [3.8, 4) is 0 Å². The first-order chi connectivity index (χ1) is 17.7. The lowest BCUT2D eigenvalue weighted by molar-refractivity contribution is -0.166. The summed E-state index contributed by atoms with van der Waals surface area (Å²) >= 11 is 6.10. The molecular weight excluding hydrogens is 490 g/mol. The number of hydrogen-bond acceptors (Lipinski definition) is 6. The van der Waals surface area contributed by atoms with E-state index in [-0.39, 0.29) is 35.1 Å². The predicted molar refractivity (Wildman–Crippen MR) is 144 cm³/mol. The van der Waals surface area contributed by atoms with Gasteiger partial charge in [0, 0.05) is 68.9 Å². The molecular formula is C28H38ClN5O3. The molecule has 3 aliphatic rings. The molecule has 4 heterocycles. The van der Waals surface area contributed by atoms with Crippen molar-refractivity contribution in [3.63, 3.8) is 0 Å². The zero-order valence-electron chi connectivity index (χ0n) is 22.0. The molecule has 5 atom stereocenters. The fourth-order valence-corrected chi connectivity index (χ4v) is 7.22. The molecule has 2 aromatic heterocycles. The highest BCUT2D eigenvalue weighted by molar-refractivity contribution is 6.30. The van der Waals surface area contributed by atoms with Crippen LogP contribution in [0.4, 0.5) is 5.82 Å². The van der Waals surface area contributed by atoms with Gasteiger partial charge in [0.1, 0.15) is 5.82 Å². The first kappa shape index (κ1) is 26.2. The topological polar surface area (TPSA) is 91.6 Å². The molecule has 9 heteroatoms. The maximum atomic E-state index is 14.1. The van der Waals surface area contributed by atoms with Gasteiger partial charge < -0.3 is 14.9 Å². The van der Waals surface area contributed by atoms with Crippen LogP contribution in [0.5, 0.6) is 0 Å². The van der Waals surface area contributed by atoms with Gasteiger partial charge in [-0.15, -0.1) is 0 Å². The summed E-state index contributed by atoms with van der Waals surface area (Å²) in [6, 6.07) is 6.94. The van der Waals surface area contributed by atoms with E-state index in [0.717, 1.165) is 18.5 Å². The molecule has 1 N–H and O–H groups in total. The number of nitrogens with zero attached hydrogens (tertiary/aromatic N) is 5. The van der Waals surface area contributed by atoms with Crippen LogP contribution in [0.3, 0.4) is 0 Å². The number of anilines is 1. The highest BCUT2D eigenvalue weighted by Gasteiger charge is 2.52. The minimum absolute atomic E-state index is 0.0122. The molecule has 37 heavy (non-hydrogen) atoms. The van der Waals surface area contributed by atoms with Gasteiger partial charge in [0.2, 0.25) is 5.91 Å². The summed E-state index contributed by atoms with van der Waals surface area (Å²) in [7, 11) is 1.63. The molecule has 2 aliphatic heterocycles. The molecule has 8 nitrogen and oxygen atoms in total. The minimum atomic E-state index is -0.727. The average molecular weight is 528 g/mol. The number of aliphatic hydroxyl groups is 1. The van der Waals surface area contributed by atoms with Gasteiger partial charge in [-0.2, -0.15) is 5.10 Å². The first-order valence-corrected chi connectivity index (χ1v) is 14.0. The number of carbonyl (C=O) groups excluding carboxylic acids is 1. The zero-order valence-corrected chi connectivity index (χ0v) is 22.8. The second-order valence-electron chi connectivity index (χ2n) is 11.4. The van der Waals surface area contributed by atoms with E-state index in [1.54, 1.807) is 19.3 Å². The standard InChI is InChI=1S/C28H38ClN5O3/c1-18-14-34(15-19(2)28(18,37)20-7-5-4-6-8-20)27(36)23-17-33(25-11-12-26(35)32(3)31-25)16-22(23)24-10-9-21(29)13-30-24/h9-13,18-20,22-23,37H,4-8,14-17H2,1-3H3/t18-,19+,22-,23-,28+/m1/s1. The van der Waals surface area contributed by atoms with Crippen molar-refractivity contribution in [2.24, 2.45) is 30.7 Å². The third-order valence-electron chi connectivity index (χ3n) is 9.18. The molecule has 200 valence electrons. The fraction of sp³-hybridized carbons (Fsp3) is 0.643. The molecule has 1 amide bonds. The van der Waals surface area contributed by atoms with Crippen molar-refractivity contribution < 1.29 is 9.90 Å². The van der Waals surface area contributed by atoms with Gasteiger partial charge in [-0.25, -0.2) is 4.68 Å². The van der Waals surface area contributed by atoms with Crippen molar-refractivity contribution in [1.29, 1.82) is 0 Å². The lowest BCUT2D eigenvalue weighted by atomic mass is 9.63. The fourth-order valence-electron chi connectivity index (χ4n) is 7.10. The van der Waals surface area contributed by atoms with Crippen molar-refractivity contribution in [3.05, 3.63) is 51.5 Å². The van der Waals surface area contributed by atoms with Crippen LogP contribution >= 0.6 is 11.6 Å². The quantitative estimate of drug-likeness (QED) is 0.654. The maximum absolute atomic E-state index is 14.1. The number of aryl methyl sites for hydroxylation is 1. The molecule has 0 radical (unpaired) electrons. The summed E-state index contributed by atoms with van der Waals surface area (Å²) in [5.41, 5.74) is -0.0745. The molecule has 0 aromatic carbocycles. The number of piperidine rings is 1. The van der Waals surface area contributed by atoms with Gasteiger partial charge in [-0.1, -0.05) is 44.7 Å². The van der Waals surface area contributed by atoms with Gasteiger partial charge >= 0.3 is 0 Å². The highest BCUT2D eigenvalue weighted by atomic mass is 35.5. The molecule has 1 saturated carbocycles. The Kier molecular flexibility index (Phi) is 7.33. The summed E-state index contributed by atoms with van der Waals surface area (Å²) < 4.78 is 1.32. The van der Waals surface area contributed by atoms with Crippen molar-refractivity contribution >= 4 is 23.3 Å². The third-order valence-corrected chi connectivity index (χ3v) is 9.40. The molecule has 2 aromatic rings. The Balaban J connectivity index is 1.39. The average Bonchev–Trinajstić information content (AvgIpc) is 3.34. The SMILES string of the molecule is C[C@@H]1CN(C(=O)[C@@H]2CN(c3ccc(=O)n(C)n3)C[C@H]2c2ccc(Cl)cn2)C[C@H](C)[C@]1(O)C1CCCCC1. The normalized spacial score (nSPS) is 31.1. The van der Waals surface area contributed by atoms with Crippen LogP contribution in [0.2, 0.25) is 5.02 Å². The van der Waals surface area contributed by atoms with Crippen LogP contribution in [0.1, 0.15) is 57.6 Å². The van der Waals surface area contributed by atoms with Crippen molar-refractivity contribution in [2.75, 3.05) is 31.1 Å².